The van der Waals surface area contributed by atoms with E-state index < -0.39 is 0 Å². The van der Waals surface area contributed by atoms with Crippen molar-refractivity contribution in [1.29, 1.82) is 0 Å². The van der Waals surface area contributed by atoms with Gasteiger partial charge in [-0.3, -0.25) is 0 Å². The average Bonchev–Trinajstić information content (AvgIpc) is 2.69. The van der Waals surface area contributed by atoms with Gasteiger partial charge in [-0.2, -0.15) is 0 Å². The molecule has 2 aliphatic rings. The van der Waals surface area contributed by atoms with Gasteiger partial charge in [0.2, 0.25) is 0 Å². The van der Waals surface area contributed by atoms with E-state index in [9.17, 15) is 10.2 Å². The van der Waals surface area contributed by atoms with Crippen LogP contribution in [0.1, 0.15) is 69.4 Å². The van der Waals surface area contributed by atoms with Crippen molar-refractivity contribution >= 4 is 0 Å². The molecule has 2 heteroatoms. The van der Waals surface area contributed by atoms with Gasteiger partial charge in [0.25, 0.3) is 0 Å². The first-order valence-electron chi connectivity index (χ1n) is 10.7. The molecule has 2 saturated carbocycles. The van der Waals surface area contributed by atoms with E-state index in [4.69, 9.17) is 0 Å². The summed E-state index contributed by atoms with van der Waals surface area (Å²) in [5.41, 5.74) is 2.56. The maximum Gasteiger partial charge on any atom is 0.115 e. The molecular weight excluding hydrogens is 332 g/mol. The van der Waals surface area contributed by atoms with Crippen molar-refractivity contribution in [3.05, 3.63) is 59.7 Å². The minimum Gasteiger partial charge on any atom is -0.508 e. The summed E-state index contributed by atoms with van der Waals surface area (Å²) in [4.78, 5) is 0. The third kappa shape index (κ3) is 3.59. The van der Waals surface area contributed by atoms with E-state index in [0.29, 0.717) is 17.4 Å². The number of benzene rings is 2. The van der Waals surface area contributed by atoms with Crippen molar-refractivity contribution in [3.63, 3.8) is 0 Å². The maximum absolute atomic E-state index is 9.78. The Morgan fingerprint density at radius 2 is 1.26 bits per heavy atom. The standard InChI is InChI=1S/C25H32O2/c1-18-17-25(20-7-11-22(26)12-8-20,21-9-13-23(27)14-10-21)16-15-24(18)19-5-3-2-4-6-19/h7-14,18-19,24,26-27H,2-6,15-17H2,1H3. The van der Waals surface area contributed by atoms with Crippen LogP contribution in [0.25, 0.3) is 0 Å². The van der Waals surface area contributed by atoms with E-state index in [1.54, 1.807) is 0 Å². The predicted molar refractivity (Wildman–Crippen MR) is 110 cm³/mol. The van der Waals surface area contributed by atoms with E-state index in [-0.39, 0.29) is 5.41 Å². The second-order valence-electron chi connectivity index (χ2n) is 8.96. The molecule has 2 nitrogen and oxygen atoms in total. The molecule has 0 bridgehead atoms. The Hall–Kier alpha value is -1.96. The zero-order chi connectivity index (χ0) is 18.9. The van der Waals surface area contributed by atoms with Gasteiger partial charge < -0.3 is 10.2 Å². The van der Waals surface area contributed by atoms with Crippen molar-refractivity contribution in [1.82, 2.24) is 0 Å². The van der Waals surface area contributed by atoms with Gasteiger partial charge in [-0.05, 0) is 72.4 Å². The van der Waals surface area contributed by atoms with Crippen molar-refractivity contribution in [3.8, 4) is 11.5 Å². The van der Waals surface area contributed by atoms with Gasteiger partial charge in [0.1, 0.15) is 11.5 Å². The van der Waals surface area contributed by atoms with Gasteiger partial charge in [0.15, 0.2) is 0 Å². The smallest absolute Gasteiger partial charge is 0.115 e. The summed E-state index contributed by atoms with van der Waals surface area (Å²) in [5.74, 6) is 3.08. The average molecular weight is 365 g/mol. The molecule has 2 atom stereocenters. The van der Waals surface area contributed by atoms with Gasteiger partial charge in [0.05, 0.1) is 0 Å². The number of aromatic hydroxyl groups is 2. The number of rotatable bonds is 3. The molecule has 0 aliphatic heterocycles. The molecular formula is C25H32O2. The highest BCUT2D eigenvalue weighted by Gasteiger charge is 2.43. The summed E-state index contributed by atoms with van der Waals surface area (Å²) in [6, 6.07) is 15.6. The van der Waals surface area contributed by atoms with Crippen LogP contribution in [-0.4, -0.2) is 10.2 Å². The van der Waals surface area contributed by atoms with Crippen LogP contribution in [0.5, 0.6) is 11.5 Å². The fourth-order valence-corrected chi connectivity index (χ4v) is 6.02. The highest BCUT2D eigenvalue weighted by molar-refractivity contribution is 5.43. The molecule has 4 rings (SSSR count). The topological polar surface area (TPSA) is 40.5 Å². The van der Waals surface area contributed by atoms with E-state index in [0.717, 1.165) is 24.7 Å². The Morgan fingerprint density at radius 1 is 0.741 bits per heavy atom. The maximum atomic E-state index is 9.78. The van der Waals surface area contributed by atoms with Crippen LogP contribution in [0.4, 0.5) is 0 Å². The van der Waals surface area contributed by atoms with Gasteiger partial charge in [-0.15, -0.1) is 0 Å². The van der Waals surface area contributed by atoms with Gasteiger partial charge in [-0.25, -0.2) is 0 Å². The first-order valence-corrected chi connectivity index (χ1v) is 10.7. The SMILES string of the molecule is CC1CC(c2ccc(O)cc2)(c2ccc(O)cc2)CCC1C1CCCCC1. The lowest BCUT2D eigenvalue weighted by molar-refractivity contribution is 0.106. The summed E-state index contributed by atoms with van der Waals surface area (Å²) in [6.45, 7) is 2.45. The van der Waals surface area contributed by atoms with Crippen LogP contribution in [0.2, 0.25) is 0 Å². The molecule has 144 valence electrons. The van der Waals surface area contributed by atoms with Gasteiger partial charge >= 0.3 is 0 Å². The van der Waals surface area contributed by atoms with Crippen LogP contribution >= 0.6 is 0 Å². The minimum absolute atomic E-state index is 0.0218. The molecule has 2 unspecified atom stereocenters. The fourth-order valence-electron chi connectivity index (χ4n) is 6.02. The summed E-state index contributed by atoms with van der Waals surface area (Å²) in [7, 11) is 0. The van der Waals surface area contributed by atoms with Crippen LogP contribution in [0.3, 0.4) is 0 Å². The zero-order valence-corrected chi connectivity index (χ0v) is 16.4. The molecule has 27 heavy (non-hydrogen) atoms. The van der Waals surface area contributed by atoms with Gasteiger partial charge in [0, 0.05) is 5.41 Å². The third-order valence-electron chi connectivity index (χ3n) is 7.40. The Labute approximate surface area is 163 Å². The summed E-state index contributed by atoms with van der Waals surface area (Å²) in [5, 5.41) is 19.6. The van der Waals surface area contributed by atoms with Crippen LogP contribution in [0, 0.1) is 17.8 Å². The largest absolute Gasteiger partial charge is 0.508 e. The first-order chi connectivity index (χ1) is 13.1. The van der Waals surface area contributed by atoms with Crippen molar-refractivity contribution in [2.24, 2.45) is 17.8 Å². The Morgan fingerprint density at radius 3 is 1.74 bits per heavy atom. The Kier molecular flexibility index (Phi) is 5.16. The summed E-state index contributed by atoms with van der Waals surface area (Å²) >= 11 is 0. The number of hydrogen-bond acceptors (Lipinski definition) is 2. The molecule has 2 N–H and O–H groups in total. The quantitative estimate of drug-likeness (QED) is 0.661. The predicted octanol–water partition coefficient (Wildman–Crippen LogP) is 6.40. The molecule has 0 amide bonds. The zero-order valence-electron chi connectivity index (χ0n) is 16.4. The third-order valence-corrected chi connectivity index (χ3v) is 7.40. The minimum atomic E-state index is -0.0218. The molecule has 0 saturated heterocycles. The van der Waals surface area contributed by atoms with Crippen LogP contribution < -0.4 is 0 Å². The molecule has 0 spiro atoms. The van der Waals surface area contributed by atoms with E-state index in [1.807, 2.05) is 24.3 Å². The second-order valence-corrected chi connectivity index (χ2v) is 8.96. The lowest BCUT2D eigenvalue weighted by Crippen LogP contribution is -2.40. The number of phenols is 2. The van der Waals surface area contributed by atoms with E-state index in [1.165, 1.54) is 49.7 Å². The van der Waals surface area contributed by atoms with Crippen molar-refractivity contribution in [2.45, 2.75) is 63.7 Å². The lowest BCUT2D eigenvalue weighted by Gasteiger charge is -2.47. The monoisotopic (exact) mass is 364 g/mol. The van der Waals surface area contributed by atoms with E-state index >= 15 is 0 Å². The highest BCUT2D eigenvalue weighted by Crippen LogP contribution is 2.52. The van der Waals surface area contributed by atoms with Crippen LogP contribution in [0.15, 0.2) is 48.5 Å². The Balaban J connectivity index is 1.67. The normalized spacial score (nSPS) is 26.0. The number of hydrogen-bond donors (Lipinski definition) is 2. The highest BCUT2D eigenvalue weighted by atomic mass is 16.3. The fraction of sp³-hybridized carbons (Fsp3) is 0.520. The number of phenolic OH excluding ortho intramolecular Hbond substituents is 2. The van der Waals surface area contributed by atoms with Gasteiger partial charge in [-0.1, -0.05) is 63.3 Å². The van der Waals surface area contributed by atoms with E-state index in [2.05, 4.69) is 31.2 Å². The molecule has 0 aromatic heterocycles. The molecule has 2 aliphatic carbocycles. The van der Waals surface area contributed by atoms with Crippen molar-refractivity contribution < 1.29 is 10.2 Å². The molecule has 0 heterocycles. The first kappa shape index (κ1) is 18.4. The van der Waals surface area contributed by atoms with Crippen molar-refractivity contribution in [2.75, 3.05) is 0 Å². The summed E-state index contributed by atoms with van der Waals surface area (Å²) in [6.07, 6.45) is 10.6. The molecule has 2 aromatic carbocycles. The van der Waals surface area contributed by atoms with Crippen LogP contribution in [-0.2, 0) is 5.41 Å². The molecule has 2 aromatic rings. The lowest BCUT2D eigenvalue weighted by atomic mass is 9.57. The molecule has 0 radical (unpaired) electrons. The summed E-state index contributed by atoms with van der Waals surface area (Å²) < 4.78 is 0. The Bertz CT molecular complexity index is 695. The molecule has 2 fully saturated rings. The second kappa shape index (κ2) is 7.58.